The van der Waals surface area contributed by atoms with E-state index in [1.165, 1.54) is 5.56 Å². The summed E-state index contributed by atoms with van der Waals surface area (Å²) in [6, 6.07) is 9.61. The second kappa shape index (κ2) is 5.87. The van der Waals surface area contributed by atoms with Gasteiger partial charge in [-0.2, -0.15) is 16.6 Å². The average Bonchev–Trinajstić information content (AvgIpc) is 2.90. The Morgan fingerprint density at radius 1 is 1.42 bits per heavy atom. The lowest BCUT2D eigenvalue weighted by Gasteiger charge is -2.23. The van der Waals surface area contributed by atoms with E-state index >= 15 is 0 Å². The first-order chi connectivity index (χ1) is 9.11. The van der Waals surface area contributed by atoms with Crippen LogP contribution in [0.3, 0.4) is 0 Å². The van der Waals surface area contributed by atoms with E-state index in [9.17, 15) is 5.11 Å². The van der Waals surface area contributed by atoms with Crippen molar-refractivity contribution < 1.29 is 5.11 Å². The highest BCUT2D eigenvalue weighted by molar-refractivity contribution is 7.07. The van der Waals surface area contributed by atoms with Crippen molar-refractivity contribution in [3.05, 3.63) is 51.7 Å². The third-order valence-electron chi connectivity index (χ3n) is 3.02. The number of nitrogens with zero attached hydrogens (tertiary/aromatic N) is 2. The van der Waals surface area contributed by atoms with Crippen LogP contribution < -0.4 is 4.90 Å². The van der Waals surface area contributed by atoms with Crippen LogP contribution in [0.15, 0.2) is 35.0 Å². The zero-order valence-corrected chi connectivity index (χ0v) is 11.8. The molecule has 0 unspecified atom stereocenters. The molecule has 1 N–H and O–H groups in total. The molecule has 2 aromatic rings. The summed E-state index contributed by atoms with van der Waals surface area (Å²) in [6.45, 7) is 2.50. The molecule has 3 nitrogen and oxygen atoms in total. The van der Waals surface area contributed by atoms with Crippen LogP contribution in [0.1, 0.15) is 29.7 Å². The van der Waals surface area contributed by atoms with Crippen molar-refractivity contribution in [2.45, 2.75) is 19.6 Å². The highest BCUT2D eigenvalue weighted by Crippen LogP contribution is 2.28. The van der Waals surface area contributed by atoms with Gasteiger partial charge in [0, 0.05) is 24.8 Å². The van der Waals surface area contributed by atoms with Gasteiger partial charge in [0.25, 0.3) is 0 Å². The van der Waals surface area contributed by atoms with Gasteiger partial charge in [-0.3, -0.25) is 0 Å². The Morgan fingerprint density at radius 3 is 2.79 bits per heavy atom. The van der Waals surface area contributed by atoms with Crippen molar-refractivity contribution >= 4 is 17.0 Å². The minimum absolute atomic E-state index is 0.548. The summed E-state index contributed by atoms with van der Waals surface area (Å²) in [7, 11) is 1.97. The van der Waals surface area contributed by atoms with Crippen LogP contribution in [0.4, 0.5) is 5.69 Å². The van der Waals surface area contributed by atoms with Crippen LogP contribution in [0.2, 0.25) is 0 Å². The fourth-order valence-corrected chi connectivity index (χ4v) is 2.70. The van der Waals surface area contributed by atoms with Gasteiger partial charge >= 0.3 is 0 Å². The van der Waals surface area contributed by atoms with Crippen LogP contribution in [-0.2, 0) is 6.54 Å². The standard InChI is InChI=1S/C15H16N2OS/c1-11(18)14-4-3-12(8-16)7-15(14)17(2)9-13-5-6-19-10-13/h3-7,10-11,18H,9H2,1-2H3/t11-/m0/s1. The third-order valence-corrected chi connectivity index (χ3v) is 3.75. The van der Waals surface area contributed by atoms with Crippen molar-refractivity contribution in [2.24, 2.45) is 0 Å². The fourth-order valence-electron chi connectivity index (χ4n) is 2.04. The molecule has 0 aliphatic carbocycles. The summed E-state index contributed by atoms with van der Waals surface area (Å²) in [5.41, 5.74) is 3.58. The smallest absolute Gasteiger partial charge is 0.0992 e. The van der Waals surface area contributed by atoms with E-state index in [4.69, 9.17) is 5.26 Å². The lowest BCUT2D eigenvalue weighted by atomic mass is 10.0. The van der Waals surface area contributed by atoms with E-state index in [0.717, 1.165) is 17.8 Å². The molecule has 1 heterocycles. The molecular formula is C15H16N2OS. The van der Waals surface area contributed by atoms with Gasteiger partial charge in [0.05, 0.1) is 17.7 Å². The average molecular weight is 272 g/mol. The quantitative estimate of drug-likeness (QED) is 0.929. The van der Waals surface area contributed by atoms with E-state index in [-0.39, 0.29) is 0 Å². The SMILES string of the molecule is C[C@H](O)c1ccc(C#N)cc1N(C)Cc1ccsc1. The maximum absolute atomic E-state index is 9.84. The van der Waals surface area contributed by atoms with Crippen LogP contribution in [-0.4, -0.2) is 12.2 Å². The molecule has 4 heteroatoms. The van der Waals surface area contributed by atoms with Crippen LogP contribution in [0, 0.1) is 11.3 Å². The molecule has 0 spiro atoms. The van der Waals surface area contributed by atoms with Gasteiger partial charge in [-0.15, -0.1) is 0 Å². The summed E-state index contributed by atoms with van der Waals surface area (Å²) < 4.78 is 0. The summed E-state index contributed by atoms with van der Waals surface area (Å²) in [4.78, 5) is 2.06. The third kappa shape index (κ3) is 3.14. The maximum Gasteiger partial charge on any atom is 0.0992 e. The van der Waals surface area contributed by atoms with Crippen molar-refractivity contribution in [1.29, 1.82) is 5.26 Å². The zero-order valence-electron chi connectivity index (χ0n) is 11.0. The molecule has 0 aliphatic rings. The van der Waals surface area contributed by atoms with Gasteiger partial charge in [0.1, 0.15) is 0 Å². The Labute approximate surface area is 117 Å². The fraction of sp³-hybridized carbons (Fsp3) is 0.267. The number of thiophene rings is 1. The zero-order chi connectivity index (χ0) is 13.8. The first-order valence-electron chi connectivity index (χ1n) is 6.06. The number of hydrogen-bond donors (Lipinski definition) is 1. The first kappa shape index (κ1) is 13.6. The molecule has 98 valence electrons. The van der Waals surface area contributed by atoms with Crippen LogP contribution in [0.25, 0.3) is 0 Å². The summed E-state index contributed by atoms with van der Waals surface area (Å²) >= 11 is 1.67. The van der Waals surface area contributed by atoms with Crippen molar-refractivity contribution in [1.82, 2.24) is 0 Å². The number of anilines is 1. The van der Waals surface area contributed by atoms with E-state index in [1.54, 1.807) is 24.3 Å². The molecule has 0 aliphatic heterocycles. The monoisotopic (exact) mass is 272 g/mol. The second-order valence-electron chi connectivity index (χ2n) is 4.55. The minimum Gasteiger partial charge on any atom is -0.389 e. The Hall–Kier alpha value is -1.83. The molecule has 0 radical (unpaired) electrons. The van der Waals surface area contributed by atoms with Gasteiger partial charge in [-0.25, -0.2) is 0 Å². The van der Waals surface area contributed by atoms with Crippen LogP contribution in [0.5, 0.6) is 0 Å². The van der Waals surface area contributed by atoms with Gasteiger partial charge in [-0.05, 0) is 41.4 Å². The summed E-state index contributed by atoms with van der Waals surface area (Å²) in [5.74, 6) is 0. The van der Waals surface area contributed by atoms with Gasteiger partial charge in [0.2, 0.25) is 0 Å². The Morgan fingerprint density at radius 2 is 2.21 bits per heavy atom. The van der Waals surface area contributed by atoms with Crippen molar-refractivity contribution in [3.8, 4) is 6.07 Å². The predicted octanol–water partition coefficient (Wildman–Crippen LogP) is 3.31. The second-order valence-corrected chi connectivity index (χ2v) is 5.33. The largest absolute Gasteiger partial charge is 0.389 e. The summed E-state index contributed by atoms with van der Waals surface area (Å²) in [6.07, 6.45) is -0.548. The highest BCUT2D eigenvalue weighted by atomic mass is 32.1. The molecule has 1 aromatic heterocycles. The number of aliphatic hydroxyl groups excluding tert-OH is 1. The maximum atomic E-state index is 9.84. The topological polar surface area (TPSA) is 47.3 Å². The lowest BCUT2D eigenvalue weighted by molar-refractivity contribution is 0.199. The van der Waals surface area contributed by atoms with Gasteiger partial charge in [0.15, 0.2) is 0 Å². The number of benzene rings is 1. The number of hydrogen-bond acceptors (Lipinski definition) is 4. The first-order valence-corrected chi connectivity index (χ1v) is 7.00. The van der Waals surface area contributed by atoms with E-state index in [1.807, 2.05) is 24.6 Å². The van der Waals surface area contributed by atoms with E-state index in [0.29, 0.717) is 5.56 Å². The lowest BCUT2D eigenvalue weighted by Crippen LogP contribution is -2.18. The predicted molar refractivity (Wildman–Crippen MR) is 78.2 cm³/mol. The molecular weight excluding hydrogens is 256 g/mol. The molecule has 0 amide bonds. The molecule has 1 aromatic carbocycles. The van der Waals surface area contributed by atoms with Crippen molar-refractivity contribution in [2.75, 3.05) is 11.9 Å². The molecule has 0 fully saturated rings. The molecule has 2 rings (SSSR count). The van der Waals surface area contributed by atoms with Crippen molar-refractivity contribution in [3.63, 3.8) is 0 Å². The number of rotatable bonds is 4. The molecule has 0 bridgehead atoms. The Bertz CT molecular complexity index is 585. The van der Waals surface area contributed by atoms with Gasteiger partial charge < -0.3 is 10.0 Å². The van der Waals surface area contributed by atoms with E-state index < -0.39 is 6.10 Å². The van der Waals surface area contributed by atoms with E-state index in [2.05, 4.69) is 22.4 Å². The van der Waals surface area contributed by atoms with Crippen LogP contribution >= 0.6 is 11.3 Å². The summed E-state index contributed by atoms with van der Waals surface area (Å²) in [5, 5.41) is 23.0. The number of nitriles is 1. The normalized spacial score (nSPS) is 11.9. The molecule has 1 atom stereocenters. The Kier molecular flexibility index (Phi) is 4.20. The number of aliphatic hydroxyl groups is 1. The minimum atomic E-state index is -0.548. The molecule has 0 saturated carbocycles. The molecule has 19 heavy (non-hydrogen) atoms. The Balaban J connectivity index is 2.33. The molecule has 0 saturated heterocycles. The highest BCUT2D eigenvalue weighted by Gasteiger charge is 2.13. The van der Waals surface area contributed by atoms with Gasteiger partial charge in [-0.1, -0.05) is 6.07 Å².